The van der Waals surface area contributed by atoms with Gasteiger partial charge in [-0.25, -0.2) is 0 Å². The van der Waals surface area contributed by atoms with E-state index < -0.39 is 0 Å². The number of carbonyl (C=O) groups is 1. The Bertz CT molecular complexity index is 1520. The highest BCUT2D eigenvalue weighted by molar-refractivity contribution is 7.80. The van der Waals surface area contributed by atoms with Crippen molar-refractivity contribution in [1.29, 1.82) is 0 Å². The molecule has 3 heterocycles. The first-order chi connectivity index (χ1) is 18.3. The van der Waals surface area contributed by atoms with Gasteiger partial charge in [0.2, 0.25) is 5.91 Å². The topological polar surface area (TPSA) is 91.7 Å². The number of benzene rings is 2. The van der Waals surface area contributed by atoms with E-state index in [1.807, 2.05) is 68.4 Å². The third-order valence-electron chi connectivity index (χ3n) is 6.78. The van der Waals surface area contributed by atoms with Crippen molar-refractivity contribution in [3.63, 3.8) is 0 Å². The minimum atomic E-state index is -0.262. The summed E-state index contributed by atoms with van der Waals surface area (Å²) in [6, 6.07) is 20.4. The molecule has 1 saturated heterocycles. The number of phenolic OH excluding ortho intramolecular Hbond substituents is 1. The fraction of sp³-hybridized carbons (Fsp3) is 0.207. The van der Waals surface area contributed by atoms with Crippen LogP contribution in [0.4, 0.5) is 11.4 Å². The molecule has 0 spiro atoms. The van der Waals surface area contributed by atoms with Crippen LogP contribution in [-0.4, -0.2) is 32.8 Å². The van der Waals surface area contributed by atoms with Gasteiger partial charge in [0.1, 0.15) is 11.5 Å². The van der Waals surface area contributed by atoms with Crippen LogP contribution < -0.4 is 20.3 Å². The molecule has 0 radical (unpaired) electrons. The van der Waals surface area contributed by atoms with E-state index in [9.17, 15) is 9.90 Å². The van der Waals surface area contributed by atoms with Crippen LogP contribution in [0.25, 0.3) is 5.69 Å². The molecular weight excluding hydrogens is 498 g/mol. The monoisotopic (exact) mass is 527 g/mol. The van der Waals surface area contributed by atoms with E-state index in [-0.39, 0.29) is 23.7 Å². The van der Waals surface area contributed by atoms with Gasteiger partial charge in [-0.05, 0) is 80.2 Å². The van der Waals surface area contributed by atoms with Gasteiger partial charge in [0, 0.05) is 30.2 Å². The molecule has 5 rings (SSSR count). The molecule has 1 fully saturated rings. The van der Waals surface area contributed by atoms with Crippen LogP contribution >= 0.6 is 12.2 Å². The van der Waals surface area contributed by atoms with Crippen LogP contribution in [0, 0.1) is 13.8 Å². The Kier molecular flexibility index (Phi) is 6.77. The molecule has 1 aliphatic heterocycles. The number of aromatic nitrogens is 2. The van der Waals surface area contributed by atoms with Gasteiger partial charge in [-0.1, -0.05) is 18.2 Å². The van der Waals surface area contributed by atoms with E-state index in [1.165, 1.54) is 6.92 Å². The number of hydrogen-bond acceptors (Lipinski definition) is 5. The molecule has 194 valence electrons. The van der Waals surface area contributed by atoms with Crippen LogP contribution in [-0.2, 0) is 4.79 Å². The second-order valence-electron chi connectivity index (χ2n) is 9.21. The molecule has 2 aromatic heterocycles. The molecule has 0 saturated carbocycles. The highest BCUT2D eigenvalue weighted by Gasteiger charge is 2.42. The molecule has 2 aromatic carbocycles. The second kappa shape index (κ2) is 10.2. The van der Waals surface area contributed by atoms with E-state index in [4.69, 9.17) is 17.0 Å². The van der Waals surface area contributed by atoms with E-state index >= 15 is 0 Å². The normalized spacial score (nSPS) is 16.8. The lowest BCUT2D eigenvalue weighted by Gasteiger charge is -2.29. The zero-order chi connectivity index (χ0) is 27.0. The molecule has 38 heavy (non-hydrogen) atoms. The zero-order valence-electron chi connectivity index (χ0n) is 21.6. The molecule has 8 nitrogen and oxygen atoms in total. The Hall–Kier alpha value is -4.37. The van der Waals surface area contributed by atoms with Gasteiger partial charge in [0.25, 0.3) is 0 Å². The number of aryl methyl sites for hydroxylation is 1. The van der Waals surface area contributed by atoms with E-state index in [0.29, 0.717) is 22.2 Å². The van der Waals surface area contributed by atoms with Gasteiger partial charge in [-0.3, -0.25) is 9.78 Å². The second-order valence-corrected chi connectivity index (χ2v) is 9.60. The molecule has 1 aliphatic rings. The maximum Gasteiger partial charge on any atom is 0.221 e. The lowest BCUT2D eigenvalue weighted by molar-refractivity contribution is -0.114. The van der Waals surface area contributed by atoms with Gasteiger partial charge in [-0.15, -0.1) is 0 Å². The number of para-hydroxylation sites is 2. The van der Waals surface area contributed by atoms with Gasteiger partial charge < -0.3 is 29.9 Å². The fourth-order valence-electron chi connectivity index (χ4n) is 5.19. The largest absolute Gasteiger partial charge is 0.506 e. The number of phenols is 1. The molecule has 2 atom stereocenters. The first kappa shape index (κ1) is 25.3. The molecule has 1 amide bonds. The number of methoxy groups -OCH3 is 1. The highest BCUT2D eigenvalue weighted by atomic mass is 32.1. The average molecular weight is 528 g/mol. The summed E-state index contributed by atoms with van der Waals surface area (Å²) in [6.07, 6.45) is 1.77. The molecule has 0 unspecified atom stereocenters. The van der Waals surface area contributed by atoms with Gasteiger partial charge in [0.05, 0.1) is 36.3 Å². The van der Waals surface area contributed by atoms with Gasteiger partial charge >= 0.3 is 0 Å². The number of carbonyl (C=O) groups excluding carboxylic acids is 1. The maximum absolute atomic E-state index is 11.9. The van der Waals surface area contributed by atoms with Crippen molar-refractivity contribution in [3.8, 4) is 17.2 Å². The highest BCUT2D eigenvalue weighted by Crippen LogP contribution is 2.45. The van der Waals surface area contributed by atoms with Crippen molar-refractivity contribution >= 4 is 34.6 Å². The average Bonchev–Trinajstić information content (AvgIpc) is 3.39. The maximum atomic E-state index is 11.9. The quantitative estimate of drug-likeness (QED) is 0.292. The van der Waals surface area contributed by atoms with Gasteiger partial charge in [0.15, 0.2) is 5.11 Å². The number of thiocarbonyl (C=S) groups is 1. The van der Waals surface area contributed by atoms with Crippen molar-refractivity contribution in [1.82, 2.24) is 14.9 Å². The van der Waals surface area contributed by atoms with Gasteiger partial charge in [-0.2, -0.15) is 0 Å². The van der Waals surface area contributed by atoms with E-state index in [2.05, 4.69) is 31.2 Å². The smallest absolute Gasteiger partial charge is 0.221 e. The summed E-state index contributed by atoms with van der Waals surface area (Å²) in [4.78, 5) is 18.6. The minimum absolute atomic E-state index is 0.198. The third-order valence-corrected chi connectivity index (χ3v) is 7.10. The number of pyridine rings is 1. The Balaban J connectivity index is 1.69. The van der Waals surface area contributed by atoms with Crippen molar-refractivity contribution in [2.24, 2.45) is 0 Å². The van der Waals surface area contributed by atoms with Crippen LogP contribution in [0.15, 0.2) is 72.9 Å². The molecule has 3 N–H and O–H groups in total. The number of rotatable bonds is 6. The van der Waals surface area contributed by atoms with Crippen molar-refractivity contribution in [3.05, 3.63) is 95.6 Å². The summed E-state index contributed by atoms with van der Waals surface area (Å²) < 4.78 is 7.52. The van der Waals surface area contributed by atoms with Crippen LogP contribution in [0.1, 0.15) is 41.7 Å². The molecule has 0 aliphatic carbocycles. The summed E-state index contributed by atoms with van der Waals surface area (Å²) in [6.45, 7) is 5.52. The van der Waals surface area contributed by atoms with Crippen molar-refractivity contribution < 1.29 is 14.6 Å². The van der Waals surface area contributed by atoms with Crippen LogP contribution in [0.3, 0.4) is 0 Å². The molecular formula is C29H29N5O3S. The SMILES string of the molecule is COc1ccc(N2C(=S)N[C@H](c3ccccn3)[C@@H]2c2cc(C)n(-c3ccccc3O)c2C)cc1NC(C)=O. The molecule has 9 heteroatoms. The number of nitrogens with one attached hydrogen (secondary N) is 2. The van der Waals surface area contributed by atoms with Crippen LogP contribution in [0.2, 0.25) is 0 Å². The van der Waals surface area contributed by atoms with Crippen molar-refractivity contribution in [2.75, 3.05) is 17.3 Å². The Morgan fingerprint density at radius 3 is 2.55 bits per heavy atom. The number of aromatic hydroxyl groups is 1. The predicted molar refractivity (Wildman–Crippen MR) is 152 cm³/mol. The summed E-state index contributed by atoms with van der Waals surface area (Å²) in [5, 5.41) is 17.5. The number of nitrogens with zero attached hydrogens (tertiary/aromatic N) is 3. The number of amides is 1. The minimum Gasteiger partial charge on any atom is -0.506 e. The summed E-state index contributed by atoms with van der Waals surface area (Å²) in [7, 11) is 1.57. The summed E-state index contributed by atoms with van der Waals surface area (Å²) in [5.41, 5.74) is 5.90. The first-order valence-electron chi connectivity index (χ1n) is 12.2. The van der Waals surface area contributed by atoms with Crippen molar-refractivity contribution in [2.45, 2.75) is 32.9 Å². The molecule has 0 bridgehead atoms. The molecule has 4 aromatic rings. The Morgan fingerprint density at radius 1 is 1.11 bits per heavy atom. The number of anilines is 2. The lowest BCUT2D eigenvalue weighted by atomic mass is 9.96. The summed E-state index contributed by atoms with van der Waals surface area (Å²) >= 11 is 5.89. The third kappa shape index (κ3) is 4.45. The Labute approximate surface area is 226 Å². The van der Waals surface area contributed by atoms with E-state index in [1.54, 1.807) is 19.4 Å². The predicted octanol–water partition coefficient (Wildman–Crippen LogP) is 5.34. The fourth-order valence-corrected chi connectivity index (χ4v) is 5.54. The number of hydrogen-bond donors (Lipinski definition) is 3. The standard InChI is InChI=1S/C29H29N5O3S/c1-17-15-21(18(2)33(17)24-10-5-6-11-25(24)36)28-27(22-9-7-8-14-30-22)32-29(38)34(28)20-12-13-26(37-4)23(16-20)31-19(3)35/h5-16,27-28,36H,1-4H3,(H,31,35)(H,32,38)/t27-,28+/m1/s1. The first-order valence-corrected chi connectivity index (χ1v) is 12.6. The van der Waals surface area contributed by atoms with E-state index in [0.717, 1.165) is 28.3 Å². The Morgan fingerprint density at radius 2 is 1.87 bits per heavy atom. The van der Waals surface area contributed by atoms with Crippen LogP contribution in [0.5, 0.6) is 11.5 Å². The lowest BCUT2D eigenvalue weighted by Crippen LogP contribution is -2.29. The summed E-state index contributed by atoms with van der Waals surface area (Å²) in [5.74, 6) is 0.559. The zero-order valence-corrected chi connectivity index (χ0v) is 22.4. The number of ether oxygens (including phenoxy) is 1.